The first-order valence-electron chi connectivity index (χ1n) is 8.61. The lowest BCUT2D eigenvalue weighted by molar-refractivity contribution is 0.00936. The van der Waals surface area contributed by atoms with Gasteiger partial charge in [-0.15, -0.1) is 0 Å². The molecule has 0 aliphatic rings. The third-order valence-electron chi connectivity index (χ3n) is 3.17. The maximum absolute atomic E-state index is 12.0. The van der Waals surface area contributed by atoms with Crippen LogP contribution >= 0.6 is 14.1 Å². The summed E-state index contributed by atoms with van der Waals surface area (Å²) in [6.45, 7) is -0.347. The topological polar surface area (TPSA) is 131 Å². The van der Waals surface area contributed by atoms with E-state index in [2.05, 4.69) is 0 Å². The first-order chi connectivity index (χ1) is 11.7. The number of rotatable bonds is 17. The molecule has 0 spiro atoms. The molecule has 0 rings (SSSR count). The molecular formula is C14H33NO7P2S. The van der Waals surface area contributed by atoms with Crippen molar-refractivity contribution in [2.75, 3.05) is 38.9 Å². The summed E-state index contributed by atoms with van der Waals surface area (Å²) in [6, 6.07) is 0. The Bertz CT molecular complexity index is 428. The van der Waals surface area contributed by atoms with Gasteiger partial charge >= 0.3 is 7.60 Å². The lowest BCUT2D eigenvalue weighted by Gasteiger charge is -2.20. The summed E-state index contributed by atoms with van der Waals surface area (Å²) in [4.78, 5) is 19.8. The molecule has 0 aromatic heterocycles. The van der Waals surface area contributed by atoms with Crippen molar-refractivity contribution in [1.82, 2.24) is 0 Å². The molecule has 3 atom stereocenters. The maximum Gasteiger partial charge on any atom is 0.337 e. The van der Waals surface area contributed by atoms with Crippen LogP contribution in [0.5, 0.6) is 0 Å². The van der Waals surface area contributed by atoms with Gasteiger partial charge in [-0.05, 0) is 37.6 Å². The Morgan fingerprint density at radius 2 is 1.72 bits per heavy atom. The average molecular weight is 421 g/mol. The molecule has 0 amide bonds. The molecule has 0 aliphatic heterocycles. The van der Waals surface area contributed by atoms with E-state index in [4.69, 9.17) is 31.3 Å². The molecule has 0 heterocycles. The van der Waals surface area contributed by atoms with E-state index in [0.717, 1.165) is 32.1 Å². The Hall–Kier alpha value is 0.600. The van der Waals surface area contributed by atoms with Gasteiger partial charge in [0.25, 0.3) is 0 Å². The standard InChI is InChI=1S/C14H33NO7P2S/c1-2-3-9-20-11-14(16)12-22-23(17,18)13-24(19,25)21-10-7-5-4-6-8-15/h14,16H,2-13,15H2,1H3,(H,17,18)(H,19,25). The summed E-state index contributed by atoms with van der Waals surface area (Å²) in [5.41, 5.74) is 5.39. The van der Waals surface area contributed by atoms with Gasteiger partial charge in [-0.25, -0.2) is 0 Å². The Labute approximate surface area is 155 Å². The molecule has 0 aromatic rings. The van der Waals surface area contributed by atoms with E-state index in [1.165, 1.54) is 0 Å². The SMILES string of the molecule is CCCCOCC(O)COP(=O)(O)CP(O)(=S)OCCCCCCN. The third-order valence-corrected chi connectivity index (χ3v) is 8.52. The minimum absolute atomic E-state index is 0.0204. The fourth-order valence-electron chi connectivity index (χ4n) is 1.83. The molecule has 3 unspecified atom stereocenters. The number of ether oxygens (including phenoxy) is 1. The molecule has 0 aromatic carbocycles. The fraction of sp³-hybridized carbons (Fsp3) is 1.00. The van der Waals surface area contributed by atoms with Crippen molar-refractivity contribution in [3.63, 3.8) is 0 Å². The van der Waals surface area contributed by atoms with Crippen LogP contribution in [-0.4, -0.2) is 59.9 Å². The highest BCUT2D eigenvalue weighted by atomic mass is 32.5. The summed E-state index contributed by atoms with van der Waals surface area (Å²) in [5, 5.41) is 9.65. The molecule has 5 N–H and O–H groups in total. The third kappa shape index (κ3) is 16.5. The summed E-state index contributed by atoms with van der Waals surface area (Å²) in [7, 11) is -4.14. The van der Waals surface area contributed by atoms with Crippen LogP contribution in [0.3, 0.4) is 0 Å². The van der Waals surface area contributed by atoms with Gasteiger partial charge in [0.2, 0.25) is 0 Å². The van der Waals surface area contributed by atoms with Gasteiger partial charge in [0.15, 0.2) is 6.49 Å². The molecule has 152 valence electrons. The van der Waals surface area contributed by atoms with Gasteiger partial charge in [-0.1, -0.05) is 26.2 Å². The molecular weight excluding hydrogens is 388 g/mol. The smallest absolute Gasteiger partial charge is 0.337 e. The number of hydrogen-bond donors (Lipinski definition) is 4. The first kappa shape index (κ1) is 25.6. The number of hydrogen-bond acceptors (Lipinski definition) is 7. The summed E-state index contributed by atoms with van der Waals surface area (Å²) >= 11 is 4.90. The van der Waals surface area contributed by atoms with E-state index in [-0.39, 0.29) is 19.8 Å². The zero-order chi connectivity index (χ0) is 19.2. The molecule has 0 bridgehead atoms. The van der Waals surface area contributed by atoms with Crippen LogP contribution in [0.1, 0.15) is 45.4 Å². The Morgan fingerprint density at radius 3 is 2.36 bits per heavy atom. The predicted octanol–water partition coefficient (Wildman–Crippen LogP) is 2.16. The van der Waals surface area contributed by atoms with Crippen LogP contribution in [0.25, 0.3) is 0 Å². The van der Waals surface area contributed by atoms with E-state index in [9.17, 15) is 19.5 Å². The molecule has 0 radical (unpaired) electrons. The van der Waals surface area contributed by atoms with Crippen molar-refractivity contribution in [2.45, 2.75) is 51.6 Å². The van der Waals surface area contributed by atoms with E-state index in [0.29, 0.717) is 19.6 Å². The second kappa shape index (κ2) is 14.6. The maximum atomic E-state index is 12.0. The monoisotopic (exact) mass is 421 g/mol. The van der Waals surface area contributed by atoms with Gasteiger partial charge in [0.1, 0.15) is 12.0 Å². The van der Waals surface area contributed by atoms with E-state index in [1.54, 1.807) is 0 Å². The highest BCUT2D eigenvalue weighted by Gasteiger charge is 2.30. The number of aliphatic hydroxyl groups is 1. The van der Waals surface area contributed by atoms with E-state index >= 15 is 0 Å². The van der Waals surface area contributed by atoms with E-state index in [1.807, 2.05) is 6.92 Å². The number of aliphatic hydroxyl groups excluding tert-OH is 1. The predicted molar refractivity (Wildman–Crippen MR) is 102 cm³/mol. The number of nitrogens with two attached hydrogens (primary N) is 1. The Balaban J connectivity index is 4.01. The average Bonchev–Trinajstić information content (AvgIpc) is 2.52. The van der Waals surface area contributed by atoms with E-state index < -0.39 is 26.1 Å². The summed E-state index contributed by atoms with van der Waals surface area (Å²) in [6.07, 6.45) is 4.33. The molecule has 8 nitrogen and oxygen atoms in total. The van der Waals surface area contributed by atoms with Gasteiger partial charge in [-0.2, -0.15) is 0 Å². The van der Waals surface area contributed by atoms with Crippen LogP contribution in [0.2, 0.25) is 0 Å². The van der Waals surface area contributed by atoms with Crippen molar-refractivity contribution in [1.29, 1.82) is 0 Å². The minimum atomic E-state index is -4.14. The molecule has 0 saturated heterocycles. The van der Waals surface area contributed by atoms with Gasteiger partial charge < -0.3 is 34.4 Å². The second-order valence-electron chi connectivity index (χ2n) is 5.83. The van der Waals surface area contributed by atoms with Crippen molar-refractivity contribution in [3.05, 3.63) is 0 Å². The molecule has 0 fully saturated rings. The van der Waals surface area contributed by atoms with Crippen molar-refractivity contribution < 1.29 is 33.2 Å². The summed E-state index contributed by atoms with van der Waals surface area (Å²) in [5.74, 6) is -0.637. The summed E-state index contributed by atoms with van der Waals surface area (Å²) < 4.78 is 27.2. The lowest BCUT2D eigenvalue weighted by Crippen LogP contribution is -2.21. The van der Waals surface area contributed by atoms with Gasteiger partial charge in [-0.3, -0.25) is 4.57 Å². The highest BCUT2D eigenvalue weighted by molar-refractivity contribution is 8.11. The normalized spacial score (nSPS) is 17.8. The van der Waals surface area contributed by atoms with Crippen LogP contribution in [0.15, 0.2) is 0 Å². The second-order valence-corrected chi connectivity index (χ2v) is 11.7. The van der Waals surface area contributed by atoms with Crippen molar-refractivity contribution in [3.8, 4) is 0 Å². The fourth-order valence-corrected chi connectivity index (χ4v) is 6.65. The van der Waals surface area contributed by atoms with Crippen LogP contribution in [-0.2, 0) is 30.2 Å². The minimum Gasteiger partial charge on any atom is -0.388 e. The number of unbranched alkanes of at least 4 members (excludes halogenated alkanes) is 4. The molecule has 11 heteroatoms. The highest BCUT2D eigenvalue weighted by Crippen LogP contribution is 2.58. The van der Waals surface area contributed by atoms with Crippen LogP contribution < -0.4 is 5.73 Å². The Kier molecular flexibility index (Phi) is 15.0. The zero-order valence-corrected chi connectivity index (χ0v) is 17.5. The van der Waals surface area contributed by atoms with Crippen molar-refractivity contribution >= 4 is 25.9 Å². The van der Waals surface area contributed by atoms with Crippen molar-refractivity contribution in [2.24, 2.45) is 5.73 Å². The first-order valence-corrected chi connectivity index (χ1v) is 13.2. The van der Waals surface area contributed by atoms with Gasteiger partial charge in [0, 0.05) is 6.61 Å². The largest absolute Gasteiger partial charge is 0.388 e. The zero-order valence-electron chi connectivity index (χ0n) is 14.9. The van der Waals surface area contributed by atoms with Crippen LogP contribution in [0.4, 0.5) is 0 Å². The lowest BCUT2D eigenvalue weighted by atomic mass is 10.2. The molecule has 0 saturated carbocycles. The molecule has 25 heavy (non-hydrogen) atoms. The molecule has 0 aliphatic carbocycles. The van der Waals surface area contributed by atoms with Gasteiger partial charge in [0.05, 0.1) is 19.8 Å². The Morgan fingerprint density at radius 1 is 1.04 bits per heavy atom. The quantitative estimate of drug-likeness (QED) is 0.206. The van der Waals surface area contributed by atoms with Crippen LogP contribution in [0, 0.1) is 0 Å².